The van der Waals surface area contributed by atoms with Crippen LogP contribution in [0.5, 0.6) is 11.5 Å². The zero-order chi connectivity index (χ0) is 23.7. The van der Waals surface area contributed by atoms with Gasteiger partial charge in [-0.3, -0.25) is 14.2 Å². The molecule has 3 aromatic heterocycles. The van der Waals surface area contributed by atoms with E-state index in [1.165, 1.54) is 27.7 Å². The molecule has 4 heterocycles. The van der Waals surface area contributed by atoms with Gasteiger partial charge in [-0.05, 0) is 31.2 Å². The first kappa shape index (κ1) is 22.3. The number of nitrogens with zero attached hydrogens (tertiary/aromatic N) is 2. The fourth-order valence-corrected chi connectivity index (χ4v) is 5.39. The number of benzene rings is 1. The van der Waals surface area contributed by atoms with Crippen LogP contribution in [0.25, 0.3) is 21.5 Å². The molecule has 1 aliphatic rings. The van der Waals surface area contributed by atoms with Gasteiger partial charge in [0.1, 0.15) is 29.6 Å². The second-order valence-electron chi connectivity index (χ2n) is 7.53. The minimum atomic E-state index is -0.223. The Balaban J connectivity index is 1.38. The Hall–Kier alpha value is -3.50. The van der Waals surface area contributed by atoms with E-state index in [0.717, 1.165) is 11.3 Å². The van der Waals surface area contributed by atoms with Crippen molar-refractivity contribution in [3.63, 3.8) is 0 Å². The molecule has 5 rings (SSSR count). The fourth-order valence-electron chi connectivity index (χ4n) is 3.61. The van der Waals surface area contributed by atoms with E-state index in [2.05, 4.69) is 16.9 Å². The Kier molecular flexibility index (Phi) is 6.16. The molecule has 0 saturated heterocycles. The molecule has 8 nitrogen and oxygen atoms in total. The summed E-state index contributed by atoms with van der Waals surface area (Å²) in [6.45, 7) is 6.88. The number of anilines is 1. The van der Waals surface area contributed by atoms with Crippen molar-refractivity contribution < 1.29 is 18.7 Å². The van der Waals surface area contributed by atoms with Crippen molar-refractivity contribution in [1.82, 2.24) is 9.55 Å². The van der Waals surface area contributed by atoms with Gasteiger partial charge >= 0.3 is 0 Å². The third-order valence-electron chi connectivity index (χ3n) is 5.13. The van der Waals surface area contributed by atoms with E-state index >= 15 is 0 Å². The van der Waals surface area contributed by atoms with Gasteiger partial charge in [-0.1, -0.05) is 17.8 Å². The predicted octanol–water partition coefficient (Wildman–Crippen LogP) is 4.71. The van der Waals surface area contributed by atoms with Crippen LogP contribution in [-0.4, -0.2) is 34.4 Å². The lowest BCUT2D eigenvalue weighted by Gasteiger charge is -2.19. The summed E-state index contributed by atoms with van der Waals surface area (Å²) in [5.74, 6) is 2.52. The number of allylic oxidation sites excluding steroid dienone is 1. The van der Waals surface area contributed by atoms with Crippen LogP contribution in [0.1, 0.15) is 5.76 Å². The van der Waals surface area contributed by atoms with E-state index in [0.29, 0.717) is 51.5 Å². The Labute approximate surface area is 203 Å². The van der Waals surface area contributed by atoms with E-state index in [1.807, 2.05) is 24.4 Å². The number of furan rings is 1. The molecule has 10 heteroatoms. The van der Waals surface area contributed by atoms with Crippen molar-refractivity contribution in [3.8, 4) is 22.8 Å². The summed E-state index contributed by atoms with van der Waals surface area (Å²) >= 11 is 2.57. The molecule has 0 unspecified atom stereocenters. The number of nitrogens with one attached hydrogen (secondary N) is 1. The molecule has 0 atom stereocenters. The van der Waals surface area contributed by atoms with Gasteiger partial charge in [0, 0.05) is 29.2 Å². The molecule has 1 amide bonds. The Morgan fingerprint density at radius 3 is 2.85 bits per heavy atom. The number of ether oxygens (including phenoxy) is 2. The van der Waals surface area contributed by atoms with E-state index in [1.54, 1.807) is 24.3 Å². The standard InChI is InChI=1S/C24H21N3O5S2/c1-3-8-27-23(29)21-16(17-6-4-14(2)32-17)12-33-22(21)26-24(27)34-13-20(28)25-15-5-7-18-19(11-15)31-10-9-30-18/h3-7,11-12H,1,8-10,13H2,2H3,(H,25,28). The molecule has 1 aromatic carbocycles. The SMILES string of the molecule is C=CCn1c(SCC(=O)Nc2ccc3c(c2)OCCO3)nc2scc(-c3ccc(C)o3)c2c1=O. The fraction of sp³-hybridized carbons (Fsp3) is 0.208. The van der Waals surface area contributed by atoms with Gasteiger partial charge in [0.05, 0.1) is 11.1 Å². The van der Waals surface area contributed by atoms with E-state index in [-0.39, 0.29) is 23.8 Å². The van der Waals surface area contributed by atoms with Crippen molar-refractivity contribution in [2.75, 3.05) is 24.3 Å². The molecule has 0 fully saturated rings. The first-order chi connectivity index (χ1) is 16.5. The molecule has 0 spiro atoms. The second-order valence-corrected chi connectivity index (χ2v) is 9.33. The quantitative estimate of drug-likeness (QED) is 0.225. The molecule has 0 aliphatic carbocycles. The topological polar surface area (TPSA) is 95.6 Å². The summed E-state index contributed by atoms with van der Waals surface area (Å²) in [6, 6.07) is 8.97. The molecule has 4 aromatic rings. The molecule has 1 aliphatic heterocycles. The normalized spacial score (nSPS) is 12.6. The number of hydrogen-bond acceptors (Lipinski definition) is 8. The van der Waals surface area contributed by atoms with Gasteiger partial charge in [0.25, 0.3) is 5.56 Å². The third-order valence-corrected chi connectivity index (χ3v) is 6.98. The first-order valence-corrected chi connectivity index (χ1v) is 12.4. The van der Waals surface area contributed by atoms with Gasteiger partial charge in [-0.2, -0.15) is 0 Å². The third kappa shape index (κ3) is 4.34. The van der Waals surface area contributed by atoms with Crippen molar-refractivity contribution in [1.29, 1.82) is 0 Å². The van der Waals surface area contributed by atoms with Crippen LogP contribution < -0.4 is 20.3 Å². The van der Waals surface area contributed by atoms with Gasteiger partial charge in [-0.15, -0.1) is 17.9 Å². The first-order valence-electron chi connectivity index (χ1n) is 10.6. The summed E-state index contributed by atoms with van der Waals surface area (Å²) in [5.41, 5.74) is 1.14. The molecular weight excluding hydrogens is 474 g/mol. The Morgan fingerprint density at radius 1 is 1.26 bits per heavy atom. The zero-order valence-electron chi connectivity index (χ0n) is 18.3. The van der Waals surface area contributed by atoms with Crippen LogP contribution in [0.15, 0.2) is 62.7 Å². The number of amides is 1. The van der Waals surface area contributed by atoms with Crippen LogP contribution in [0.2, 0.25) is 0 Å². The lowest BCUT2D eigenvalue weighted by molar-refractivity contribution is -0.113. The van der Waals surface area contributed by atoms with Crippen LogP contribution in [0.4, 0.5) is 5.69 Å². The van der Waals surface area contributed by atoms with Gasteiger partial charge in [-0.25, -0.2) is 4.98 Å². The average molecular weight is 496 g/mol. The minimum absolute atomic E-state index is 0.0825. The highest BCUT2D eigenvalue weighted by Gasteiger charge is 2.19. The summed E-state index contributed by atoms with van der Waals surface area (Å²) in [6.07, 6.45) is 1.64. The number of fused-ring (bicyclic) bond motifs is 2. The van der Waals surface area contributed by atoms with Crippen molar-refractivity contribution >= 4 is 44.9 Å². The Morgan fingerprint density at radius 2 is 2.09 bits per heavy atom. The Bertz CT molecular complexity index is 1450. The molecule has 0 saturated carbocycles. The summed E-state index contributed by atoms with van der Waals surface area (Å²) in [4.78, 5) is 31.3. The number of rotatable bonds is 7. The highest BCUT2D eigenvalue weighted by Crippen LogP contribution is 2.34. The summed E-state index contributed by atoms with van der Waals surface area (Å²) in [7, 11) is 0. The number of hydrogen-bond donors (Lipinski definition) is 1. The lowest BCUT2D eigenvalue weighted by atomic mass is 10.2. The lowest BCUT2D eigenvalue weighted by Crippen LogP contribution is -2.23. The molecule has 34 heavy (non-hydrogen) atoms. The number of thioether (sulfide) groups is 1. The molecule has 174 valence electrons. The van der Waals surface area contributed by atoms with E-state index in [4.69, 9.17) is 13.9 Å². The zero-order valence-corrected chi connectivity index (χ0v) is 20.0. The number of carbonyl (C=O) groups excluding carboxylic acids is 1. The van der Waals surface area contributed by atoms with Crippen molar-refractivity contribution in [3.05, 3.63) is 64.5 Å². The highest BCUT2D eigenvalue weighted by molar-refractivity contribution is 7.99. The van der Waals surface area contributed by atoms with Crippen LogP contribution in [0.3, 0.4) is 0 Å². The largest absolute Gasteiger partial charge is 0.486 e. The summed E-state index contributed by atoms with van der Waals surface area (Å²) < 4.78 is 18.3. The van der Waals surface area contributed by atoms with Gasteiger partial charge in [0.2, 0.25) is 5.91 Å². The van der Waals surface area contributed by atoms with Gasteiger partial charge in [0.15, 0.2) is 16.7 Å². The van der Waals surface area contributed by atoms with Crippen LogP contribution >= 0.6 is 23.1 Å². The number of carbonyl (C=O) groups is 1. The molecule has 0 bridgehead atoms. The van der Waals surface area contributed by atoms with Gasteiger partial charge < -0.3 is 19.2 Å². The van der Waals surface area contributed by atoms with E-state index < -0.39 is 0 Å². The molecule has 0 radical (unpaired) electrons. The van der Waals surface area contributed by atoms with E-state index in [9.17, 15) is 9.59 Å². The minimum Gasteiger partial charge on any atom is -0.486 e. The maximum atomic E-state index is 13.4. The predicted molar refractivity (Wildman–Crippen MR) is 133 cm³/mol. The highest BCUT2D eigenvalue weighted by atomic mass is 32.2. The number of aromatic nitrogens is 2. The second kappa shape index (κ2) is 9.40. The number of thiophene rings is 1. The number of aryl methyl sites for hydroxylation is 1. The van der Waals surface area contributed by atoms with Crippen LogP contribution in [-0.2, 0) is 11.3 Å². The smallest absolute Gasteiger partial charge is 0.263 e. The monoisotopic (exact) mass is 495 g/mol. The van der Waals surface area contributed by atoms with Crippen molar-refractivity contribution in [2.45, 2.75) is 18.6 Å². The maximum absolute atomic E-state index is 13.4. The van der Waals surface area contributed by atoms with Crippen LogP contribution in [0, 0.1) is 6.92 Å². The van der Waals surface area contributed by atoms with Crippen molar-refractivity contribution in [2.24, 2.45) is 0 Å². The molecule has 1 N–H and O–H groups in total. The molecular formula is C24H21N3O5S2. The maximum Gasteiger partial charge on any atom is 0.263 e. The average Bonchev–Trinajstić information content (AvgIpc) is 3.46. The summed E-state index contributed by atoms with van der Waals surface area (Å²) in [5, 5.41) is 5.69.